The normalized spacial score (nSPS) is 13.0. The second kappa shape index (κ2) is 3.84. The highest BCUT2D eigenvalue weighted by molar-refractivity contribution is 5.46. The summed E-state index contributed by atoms with van der Waals surface area (Å²) in [6.07, 6.45) is 0.999. The molecule has 0 aromatic carbocycles. The van der Waals surface area contributed by atoms with Crippen LogP contribution in [-0.2, 0) is 0 Å². The molecular weight excluding hydrogens is 192 g/mol. The molecule has 1 N–H and O–H groups in total. The Bertz CT molecular complexity index is 446. The highest BCUT2D eigenvalue weighted by Crippen LogP contribution is 2.20. The van der Waals surface area contributed by atoms with E-state index in [1.165, 1.54) is 0 Å². The molecule has 0 aliphatic rings. The van der Waals surface area contributed by atoms with Gasteiger partial charge in [-0.2, -0.15) is 10.1 Å². The number of nitrogens with zero attached hydrogens (tertiary/aromatic N) is 3. The zero-order valence-electron chi connectivity index (χ0n) is 9.11. The van der Waals surface area contributed by atoms with Crippen LogP contribution in [0.1, 0.15) is 37.7 Å². The summed E-state index contributed by atoms with van der Waals surface area (Å²) in [4.78, 5) is 4.30. The van der Waals surface area contributed by atoms with Crippen LogP contribution in [0.25, 0.3) is 11.6 Å². The van der Waals surface area contributed by atoms with Gasteiger partial charge < -0.3 is 4.52 Å². The summed E-state index contributed by atoms with van der Waals surface area (Å²) in [5.74, 6) is 1.55. The second-order valence-corrected chi connectivity index (χ2v) is 3.70. The first-order valence-electron chi connectivity index (χ1n) is 5.06. The SMILES string of the molecule is CCC(C)c1noc(-c2cc(C)[nH]n2)n1. The molecule has 0 aliphatic carbocycles. The number of H-pyrrole nitrogens is 1. The lowest BCUT2D eigenvalue weighted by molar-refractivity contribution is 0.415. The Hall–Kier alpha value is -1.65. The van der Waals surface area contributed by atoms with Gasteiger partial charge in [0.15, 0.2) is 11.5 Å². The molecule has 15 heavy (non-hydrogen) atoms. The zero-order chi connectivity index (χ0) is 10.8. The van der Waals surface area contributed by atoms with Gasteiger partial charge >= 0.3 is 0 Å². The third-order valence-electron chi connectivity index (χ3n) is 2.42. The van der Waals surface area contributed by atoms with E-state index in [4.69, 9.17) is 4.52 Å². The number of aromatic amines is 1. The van der Waals surface area contributed by atoms with Crippen molar-refractivity contribution in [3.63, 3.8) is 0 Å². The molecule has 0 radical (unpaired) electrons. The molecule has 0 amide bonds. The summed E-state index contributed by atoms with van der Waals surface area (Å²) in [7, 11) is 0. The minimum Gasteiger partial charge on any atom is -0.332 e. The lowest BCUT2D eigenvalue weighted by Gasteiger charge is -1.98. The summed E-state index contributed by atoms with van der Waals surface area (Å²) >= 11 is 0. The van der Waals surface area contributed by atoms with Crippen molar-refractivity contribution in [1.82, 2.24) is 20.3 Å². The summed E-state index contributed by atoms with van der Waals surface area (Å²) < 4.78 is 5.14. The molecule has 0 aliphatic heterocycles. The monoisotopic (exact) mass is 206 g/mol. The van der Waals surface area contributed by atoms with E-state index in [0.717, 1.165) is 17.9 Å². The van der Waals surface area contributed by atoms with Crippen molar-refractivity contribution in [3.05, 3.63) is 17.6 Å². The van der Waals surface area contributed by atoms with Crippen molar-refractivity contribution in [2.24, 2.45) is 0 Å². The lowest BCUT2D eigenvalue weighted by atomic mass is 10.1. The topological polar surface area (TPSA) is 67.6 Å². The minimum absolute atomic E-state index is 0.322. The van der Waals surface area contributed by atoms with E-state index in [-0.39, 0.29) is 0 Å². The standard InChI is InChI=1S/C10H14N4O/c1-4-6(2)9-11-10(15-14-9)8-5-7(3)12-13-8/h5-6H,4H2,1-3H3,(H,12,13). The summed E-state index contributed by atoms with van der Waals surface area (Å²) in [5, 5.41) is 10.8. The number of aromatic nitrogens is 4. The molecule has 5 heteroatoms. The molecule has 2 aromatic rings. The van der Waals surface area contributed by atoms with Gasteiger partial charge in [-0.05, 0) is 19.4 Å². The largest absolute Gasteiger partial charge is 0.332 e. The van der Waals surface area contributed by atoms with E-state index in [0.29, 0.717) is 17.5 Å². The van der Waals surface area contributed by atoms with E-state index in [9.17, 15) is 0 Å². The van der Waals surface area contributed by atoms with Crippen LogP contribution in [0.5, 0.6) is 0 Å². The van der Waals surface area contributed by atoms with Gasteiger partial charge in [0.25, 0.3) is 5.89 Å². The Kier molecular flexibility index (Phi) is 2.53. The first-order valence-corrected chi connectivity index (χ1v) is 5.06. The van der Waals surface area contributed by atoms with Gasteiger partial charge in [0, 0.05) is 11.6 Å². The van der Waals surface area contributed by atoms with Crippen molar-refractivity contribution < 1.29 is 4.52 Å². The molecule has 1 atom stereocenters. The van der Waals surface area contributed by atoms with E-state index in [1.807, 2.05) is 13.0 Å². The minimum atomic E-state index is 0.322. The molecule has 0 bridgehead atoms. The van der Waals surface area contributed by atoms with Crippen LogP contribution in [0.15, 0.2) is 10.6 Å². The van der Waals surface area contributed by atoms with E-state index >= 15 is 0 Å². The van der Waals surface area contributed by atoms with Gasteiger partial charge in [0.05, 0.1) is 0 Å². The van der Waals surface area contributed by atoms with E-state index < -0.39 is 0 Å². The zero-order valence-corrected chi connectivity index (χ0v) is 9.11. The Morgan fingerprint density at radius 2 is 2.33 bits per heavy atom. The average molecular weight is 206 g/mol. The van der Waals surface area contributed by atoms with Gasteiger partial charge in [0.1, 0.15) is 0 Å². The molecule has 5 nitrogen and oxygen atoms in total. The third-order valence-corrected chi connectivity index (χ3v) is 2.42. The fraction of sp³-hybridized carbons (Fsp3) is 0.500. The number of hydrogen-bond donors (Lipinski definition) is 1. The maximum absolute atomic E-state index is 5.14. The van der Waals surface area contributed by atoms with Crippen LogP contribution in [0.4, 0.5) is 0 Å². The van der Waals surface area contributed by atoms with Gasteiger partial charge in [-0.3, -0.25) is 5.10 Å². The quantitative estimate of drug-likeness (QED) is 0.836. The highest BCUT2D eigenvalue weighted by atomic mass is 16.5. The molecule has 0 spiro atoms. The Balaban J connectivity index is 2.27. The number of rotatable bonds is 3. The smallest absolute Gasteiger partial charge is 0.278 e. The van der Waals surface area contributed by atoms with Crippen molar-refractivity contribution >= 4 is 0 Å². The average Bonchev–Trinajstić information content (AvgIpc) is 2.84. The number of nitrogens with one attached hydrogen (secondary N) is 1. The van der Waals surface area contributed by atoms with Crippen LogP contribution < -0.4 is 0 Å². The molecule has 0 fully saturated rings. The molecule has 0 saturated heterocycles. The molecule has 1 unspecified atom stereocenters. The first kappa shape index (κ1) is 9.89. The maximum atomic E-state index is 5.14. The van der Waals surface area contributed by atoms with E-state index in [2.05, 4.69) is 34.2 Å². The molecule has 2 rings (SSSR count). The van der Waals surface area contributed by atoms with Crippen LogP contribution in [0.3, 0.4) is 0 Å². The van der Waals surface area contributed by atoms with E-state index in [1.54, 1.807) is 0 Å². The van der Waals surface area contributed by atoms with Gasteiger partial charge in [-0.1, -0.05) is 19.0 Å². The summed E-state index contributed by atoms with van der Waals surface area (Å²) in [5.41, 5.74) is 1.68. The van der Waals surface area contributed by atoms with Gasteiger partial charge in [-0.25, -0.2) is 0 Å². The first-order chi connectivity index (χ1) is 7.20. The van der Waals surface area contributed by atoms with Crippen LogP contribution in [0.2, 0.25) is 0 Å². The molecule has 0 saturated carbocycles. The lowest BCUT2D eigenvalue weighted by Crippen LogP contribution is -1.93. The number of hydrogen-bond acceptors (Lipinski definition) is 4. The molecule has 2 heterocycles. The van der Waals surface area contributed by atoms with Crippen LogP contribution in [0, 0.1) is 6.92 Å². The van der Waals surface area contributed by atoms with Gasteiger partial charge in [-0.15, -0.1) is 0 Å². The Morgan fingerprint density at radius 3 is 2.93 bits per heavy atom. The predicted molar refractivity (Wildman–Crippen MR) is 55.3 cm³/mol. The fourth-order valence-electron chi connectivity index (χ4n) is 1.25. The predicted octanol–water partition coefficient (Wildman–Crippen LogP) is 2.28. The Morgan fingerprint density at radius 1 is 1.53 bits per heavy atom. The van der Waals surface area contributed by atoms with Crippen molar-refractivity contribution in [1.29, 1.82) is 0 Å². The fourth-order valence-corrected chi connectivity index (χ4v) is 1.25. The van der Waals surface area contributed by atoms with Gasteiger partial charge in [0.2, 0.25) is 0 Å². The molecule has 80 valence electrons. The number of aryl methyl sites for hydroxylation is 1. The third kappa shape index (κ3) is 1.91. The van der Waals surface area contributed by atoms with Crippen molar-refractivity contribution in [3.8, 4) is 11.6 Å². The molecular formula is C10H14N4O. The highest BCUT2D eigenvalue weighted by Gasteiger charge is 2.14. The van der Waals surface area contributed by atoms with Crippen molar-refractivity contribution in [2.45, 2.75) is 33.1 Å². The van der Waals surface area contributed by atoms with Crippen molar-refractivity contribution in [2.75, 3.05) is 0 Å². The maximum Gasteiger partial charge on any atom is 0.278 e. The van der Waals surface area contributed by atoms with Crippen LogP contribution in [-0.4, -0.2) is 20.3 Å². The summed E-state index contributed by atoms with van der Waals surface area (Å²) in [6.45, 7) is 6.10. The Labute approximate surface area is 87.9 Å². The summed E-state index contributed by atoms with van der Waals surface area (Å²) in [6, 6.07) is 1.88. The second-order valence-electron chi connectivity index (χ2n) is 3.70. The molecule has 2 aromatic heterocycles. The van der Waals surface area contributed by atoms with Crippen LogP contribution >= 0.6 is 0 Å².